The minimum atomic E-state index is -0.236. The maximum Gasteiger partial charge on any atom is 0.251 e. The minimum absolute atomic E-state index is 0.126. The number of nitrogens with zero attached hydrogens (tertiary/aromatic N) is 1. The molecule has 0 radical (unpaired) electrons. The highest BCUT2D eigenvalue weighted by molar-refractivity contribution is 5.96. The largest absolute Gasteiger partial charge is 0.508 e. The molecule has 3 N–H and O–H groups in total. The zero-order valence-electron chi connectivity index (χ0n) is 14.4. The number of phenols is 1. The predicted octanol–water partition coefficient (Wildman–Crippen LogP) is 2.20. The number of hydrogen-bond donors (Lipinski definition) is 3. The van der Waals surface area contributed by atoms with Crippen molar-refractivity contribution in [3.63, 3.8) is 0 Å². The van der Waals surface area contributed by atoms with Gasteiger partial charge in [0, 0.05) is 37.3 Å². The molecule has 0 bridgehead atoms. The molecule has 0 spiro atoms. The van der Waals surface area contributed by atoms with Crippen LogP contribution in [0.2, 0.25) is 0 Å². The Morgan fingerprint density at radius 1 is 1.20 bits per heavy atom. The van der Waals surface area contributed by atoms with Gasteiger partial charge in [-0.05, 0) is 36.6 Å². The number of hydrogen-bond acceptors (Lipinski definition) is 4. The van der Waals surface area contributed by atoms with E-state index >= 15 is 0 Å². The quantitative estimate of drug-likeness (QED) is 0.780. The Morgan fingerprint density at radius 2 is 1.96 bits per heavy atom. The molecule has 1 fully saturated rings. The van der Waals surface area contributed by atoms with Crippen LogP contribution in [0.3, 0.4) is 0 Å². The van der Waals surface area contributed by atoms with E-state index in [4.69, 9.17) is 0 Å². The first-order chi connectivity index (χ1) is 12.0. The summed E-state index contributed by atoms with van der Waals surface area (Å²) in [6.45, 7) is 4.53. The van der Waals surface area contributed by atoms with E-state index in [0.717, 1.165) is 30.6 Å². The summed E-state index contributed by atoms with van der Waals surface area (Å²) >= 11 is 0. The first-order valence-corrected chi connectivity index (χ1v) is 8.58. The molecule has 1 heterocycles. The Bertz CT molecular complexity index is 760. The second kappa shape index (κ2) is 7.68. The third-order valence-electron chi connectivity index (χ3n) is 4.75. The van der Waals surface area contributed by atoms with Gasteiger partial charge in [0.1, 0.15) is 5.75 Å². The summed E-state index contributed by atoms with van der Waals surface area (Å²) in [6.07, 6.45) is 0.580. The molecule has 1 amide bonds. The van der Waals surface area contributed by atoms with Gasteiger partial charge in [0.2, 0.25) is 0 Å². The van der Waals surface area contributed by atoms with Crippen molar-refractivity contribution in [3.05, 3.63) is 64.7 Å². The van der Waals surface area contributed by atoms with Gasteiger partial charge in [0.25, 0.3) is 5.91 Å². The lowest BCUT2D eigenvalue weighted by molar-refractivity contribution is 0.0949. The zero-order chi connectivity index (χ0) is 17.8. The normalized spacial score (nSPS) is 17.6. The fourth-order valence-corrected chi connectivity index (χ4v) is 3.22. The fraction of sp³-hybridized carbons (Fsp3) is 0.350. The zero-order valence-corrected chi connectivity index (χ0v) is 14.4. The van der Waals surface area contributed by atoms with E-state index in [2.05, 4.69) is 16.3 Å². The molecule has 5 heteroatoms. The van der Waals surface area contributed by atoms with E-state index in [9.17, 15) is 15.0 Å². The predicted molar refractivity (Wildman–Crippen MR) is 96.4 cm³/mol. The summed E-state index contributed by atoms with van der Waals surface area (Å²) in [7, 11) is 0. The van der Waals surface area contributed by atoms with E-state index in [0.29, 0.717) is 24.2 Å². The van der Waals surface area contributed by atoms with E-state index in [1.807, 2.05) is 18.2 Å². The first-order valence-electron chi connectivity index (χ1n) is 8.58. The fourth-order valence-electron chi connectivity index (χ4n) is 3.22. The summed E-state index contributed by atoms with van der Waals surface area (Å²) in [6, 6.07) is 13.0. The number of likely N-dealkylation sites (tertiary alicyclic amines) is 1. The van der Waals surface area contributed by atoms with Crippen LogP contribution in [0.5, 0.6) is 5.75 Å². The van der Waals surface area contributed by atoms with Crippen molar-refractivity contribution >= 4 is 5.91 Å². The standard InChI is InChI=1S/C20H24N2O3/c1-14-18(7-4-8-19(14)24)20(25)21-11-15-5-2-3-6-16(15)12-22-10-9-17(23)13-22/h2-8,17,23-24H,9-13H2,1H3,(H,21,25). The van der Waals surface area contributed by atoms with Crippen LogP contribution in [0.25, 0.3) is 0 Å². The van der Waals surface area contributed by atoms with Crippen molar-refractivity contribution in [2.75, 3.05) is 13.1 Å². The molecule has 1 saturated heterocycles. The number of carbonyl (C=O) groups excluding carboxylic acids is 1. The number of benzene rings is 2. The van der Waals surface area contributed by atoms with E-state index in [1.54, 1.807) is 25.1 Å². The number of aromatic hydroxyl groups is 1. The number of phenolic OH excluding ortho intramolecular Hbond substituents is 1. The summed E-state index contributed by atoms with van der Waals surface area (Å²) in [4.78, 5) is 14.7. The highest BCUT2D eigenvalue weighted by atomic mass is 16.3. The maximum absolute atomic E-state index is 12.4. The second-order valence-corrected chi connectivity index (χ2v) is 6.58. The Kier molecular flexibility index (Phi) is 5.36. The molecule has 1 atom stereocenters. The number of aliphatic hydroxyl groups is 1. The molecule has 132 valence electrons. The average Bonchev–Trinajstić information content (AvgIpc) is 3.01. The number of carbonyl (C=O) groups is 1. The van der Waals surface area contributed by atoms with Crippen LogP contribution in [0.1, 0.15) is 33.5 Å². The van der Waals surface area contributed by atoms with Gasteiger partial charge in [-0.3, -0.25) is 9.69 Å². The number of aliphatic hydroxyl groups excluding tert-OH is 1. The van der Waals surface area contributed by atoms with E-state index in [1.165, 1.54) is 0 Å². The lowest BCUT2D eigenvalue weighted by atomic mass is 10.1. The van der Waals surface area contributed by atoms with Crippen molar-refractivity contribution in [1.29, 1.82) is 0 Å². The molecule has 1 aliphatic rings. The molecule has 1 aliphatic heterocycles. The molecule has 2 aromatic rings. The minimum Gasteiger partial charge on any atom is -0.508 e. The van der Waals surface area contributed by atoms with Crippen LogP contribution >= 0.6 is 0 Å². The molecule has 5 nitrogen and oxygen atoms in total. The summed E-state index contributed by atoms with van der Waals surface area (Å²) in [5.74, 6) is -0.0690. The van der Waals surface area contributed by atoms with Crippen molar-refractivity contribution in [2.45, 2.75) is 32.5 Å². The van der Waals surface area contributed by atoms with Gasteiger partial charge in [-0.2, -0.15) is 0 Å². The van der Waals surface area contributed by atoms with Crippen LogP contribution in [0, 0.1) is 6.92 Å². The molecule has 0 aliphatic carbocycles. The maximum atomic E-state index is 12.4. The van der Waals surface area contributed by atoms with E-state index < -0.39 is 0 Å². The Morgan fingerprint density at radius 3 is 2.68 bits per heavy atom. The lowest BCUT2D eigenvalue weighted by Crippen LogP contribution is -2.26. The third-order valence-corrected chi connectivity index (χ3v) is 4.75. The van der Waals surface area contributed by atoms with Gasteiger partial charge >= 0.3 is 0 Å². The van der Waals surface area contributed by atoms with Gasteiger partial charge in [0.05, 0.1) is 6.10 Å². The SMILES string of the molecule is Cc1c(O)cccc1C(=O)NCc1ccccc1CN1CCC(O)C1. The monoisotopic (exact) mass is 340 g/mol. The Hall–Kier alpha value is -2.37. The molecule has 0 saturated carbocycles. The van der Waals surface area contributed by atoms with E-state index in [-0.39, 0.29) is 17.8 Å². The number of β-amino-alcohol motifs (C(OH)–C–C–N with tert-alkyl or cyclic N) is 1. The Balaban J connectivity index is 1.67. The van der Waals surface area contributed by atoms with Crippen LogP contribution < -0.4 is 5.32 Å². The van der Waals surface area contributed by atoms with Crippen molar-refractivity contribution in [2.24, 2.45) is 0 Å². The smallest absolute Gasteiger partial charge is 0.251 e. The number of amides is 1. The van der Waals surface area contributed by atoms with Gasteiger partial charge in [-0.25, -0.2) is 0 Å². The molecule has 0 aromatic heterocycles. The highest BCUT2D eigenvalue weighted by Crippen LogP contribution is 2.20. The molecule has 25 heavy (non-hydrogen) atoms. The van der Waals surface area contributed by atoms with Gasteiger partial charge < -0.3 is 15.5 Å². The van der Waals surface area contributed by atoms with Crippen LogP contribution in [0.4, 0.5) is 0 Å². The van der Waals surface area contributed by atoms with Crippen molar-refractivity contribution in [3.8, 4) is 5.75 Å². The van der Waals surface area contributed by atoms with Crippen LogP contribution in [-0.4, -0.2) is 40.2 Å². The third kappa shape index (κ3) is 4.18. The number of rotatable bonds is 5. The summed E-state index contributed by atoms with van der Waals surface area (Å²) in [5, 5.41) is 22.4. The lowest BCUT2D eigenvalue weighted by Gasteiger charge is -2.18. The molecular weight excluding hydrogens is 316 g/mol. The molecule has 2 aromatic carbocycles. The highest BCUT2D eigenvalue weighted by Gasteiger charge is 2.21. The van der Waals surface area contributed by atoms with Gasteiger partial charge in [0.15, 0.2) is 0 Å². The molecule has 1 unspecified atom stereocenters. The van der Waals surface area contributed by atoms with Gasteiger partial charge in [-0.1, -0.05) is 30.3 Å². The molecule has 3 rings (SSSR count). The van der Waals surface area contributed by atoms with Crippen LogP contribution in [-0.2, 0) is 13.1 Å². The van der Waals surface area contributed by atoms with Crippen LogP contribution in [0.15, 0.2) is 42.5 Å². The topological polar surface area (TPSA) is 72.8 Å². The Labute approximate surface area is 147 Å². The number of nitrogens with one attached hydrogen (secondary N) is 1. The first kappa shape index (κ1) is 17.5. The van der Waals surface area contributed by atoms with Crippen molar-refractivity contribution < 1.29 is 15.0 Å². The van der Waals surface area contributed by atoms with Crippen molar-refractivity contribution in [1.82, 2.24) is 10.2 Å². The average molecular weight is 340 g/mol. The summed E-state index contributed by atoms with van der Waals surface area (Å²) < 4.78 is 0. The summed E-state index contributed by atoms with van der Waals surface area (Å²) in [5.41, 5.74) is 3.29. The second-order valence-electron chi connectivity index (χ2n) is 6.58. The van der Waals surface area contributed by atoms with Gasteiger partial charge in [-0.15, -0.1) is 0 Å². The molecular formula is C20H24N2O3.